The first-order valence-electron chi connectivity index (χ1n) is 9.10. The predicted octanol–water partition coefficient (Wildman–Crippen LogP) is -2.41. The van der Waals surface area contributed by atoms with Crippen LogP contribution in [0.4, 0.5) is 5.82 Å². The number of nitrogens with zero attached hydrogens (tertiary/aromatic N) is 3. The number of nitrogens with one attached hydrogen (secondary N) is 1. The number of amides is 1. The monoisotopic (exact) mass is 522 g/mol. The average molecular weight is 522 g/mol. The van der Waals surface area contributed by atoms with E-state index >= 15 is 0 Å². The minimum atomic E-state index is -5.37. The number of phosphoric ester groups is 1. The summed E-state index contributed by atoms with van der Waals surface area (Å²) in [5, 5.41) is 21.7. The maximum Gasteiger partial charge on any atom is 0.481 e. The van der Waals surface area contributed by atoms with Crippen LogP contribution in [0.25, 0.3) is 11.0 Å². The summed E-state index contributed by atoms with van der Waals surface area (Å²) in [7, 11) is -10.6. The highest BCUT2D eigenvalue weighted by Crippen LogP contribution is 2.58. The van der Waals surface area contributed by atoms with E-state index < -0.39 is 52.2 Å². The van der Waals surface area contributed by atoms with Gasteiger partial charge in [-0.3, -0.25) is 14.7 Å². The zero-order chi connectivity index (χ0) is 25.5. The number of carbonyl (C=O) groups is 1. The largest absolute Gasteiger partial charge is 0.481 e. The van der Waals surface area contributed by atoms with E-state index in [0.29, 0.717) is 0 Å². The smallest absolute Gasteiger partial charge is 0.387 e. The Morgan fingerprint density at radius 3 is 2.68 bits per heavy atom. The number of phosphoric acid groups is 2. The molecule has 3 heterocycles. The van der Waals surface area contributed by atoms with Crippen LogP contribution >= 0.6 is 15.6 Å². The van der Waals surface area contributed by atoms with Crippen molar-refractivity contribution in [3.8, 4) is 11.8 Å². The average Bonchev–Trinajstić information content (AvgIpc) is 3.19. The fourth-order valence-electron chi connectivity index (χ4n) is 3.25. The summed E-state index contributed by atoms with van der Waals surface area (Å²) < 4.78 is 37.5. The molecule has 1 fully saturated rings. The van der Waals surface area contributed by atoms with Gasteiger partial charge in [0, 0.05) is 12.1 Å². The third-order valence-electron chi connectivity index (χ3n) is 4.70. The van der Waals surface area contributed by atoms with Crippen molar-refractivity contribution in [2.45, 2.75) is 31.0 Å². The van der Waals surface area contributed by atoms with Gasteiger partial charge in [-0.25, -0.2) is 24.9 Å². The Morgan fingerprint density at radius 1 is 1.38 bits per heavy atom. The molecule has 34 heavy (non-hydrogen) atoms. The van der Waals surface area contributed by atoms with Crippen molar-refractivity contribution in [2.75, 3.05) is 12.3 Å². The Bertz CT molecular complexity index is 1260. The van der Waals surface area contributed by atoms with Crippen molar-refractivity contribution >= 4 is 38.4 Å². The van der Waals surface area contributed by atoms with Crippen molar-refractivity contribution in [3.63, 3.8) is 0 Å². The Balaban J connectivity index is 1.95. The number of fused-ring (bicyclic) bond motifs is 1. The molecule has 19 heteroatoms. The van der Waals surface area contributed by atoms with E-state index in [1.807, 2.05) is 5.43 Å². The van der Waals surface area contributed by atoms with Crippen molar-refractivity contribution in [3.05, 3.63) is 18.1 Å². The van der Waals surface area contributed by atoms with E-state index in [9.17, 15) is 29.0 Å². The number of anilines is 1. The standard InChI is InChI=1S/C15H20N6O11P2/c1-15(24)11(23)8(5-30-34(28,29)32-33(25,26)27)31-14(15)21-4-7(2-3-9(22)20-17)10-12(16)18-6-19-13(10)21/h4,6,8,11,14,23-24H,5,17H2,1H3,(H,20,22)(H,28,29)(H2,16,18,19)(H2,25,26,27)/t8?,11?,14?,15-/m1/s1. The Labute approximate surface area is 190 Å². The lowest BCUT2D eigenvalue weighted by molar-refractivity contribution is -0.115. The van der Waals surface area contributed by atoms with Gasteiger partial charge < -0.3 is 39.9 Å². The molecule has 0 radical (unpaired) electrons. The predicted molar refractivity (Wildman–Crippen MR) is 111 cm³/mol. The van der Waals surface area contributed by atoms with Gasteiger partial charge in [-0.2, -0.15) is 4.31 Å². The topological polar surface area (TPSA) is 275 Å². The molecule has 186 valence electrons. The van der Waals surface area contributed by atoms with Crippen molar-refractivity contribution in [1.29, 1.82) is 0 Å². The molecule has 10 N–H and O–H groups in total. The van der Waals surface area contributed by atoms with Crippen molar-refractivity contribution in [1.82, 2.24) is 20.0 Å². The summed E-state index contributed by atoms with van der Waals surface area (Å²) in [4.78, 5) is 46.1. The third-order valence-corrected chi connectivity index (χ3v) is 6.85. The summed E-state index contributed by atoms with van der Waals surface area (Å²) in [6.45, 7) is 0.290. The van der Waals surface area contributed by atoms with E-state index in [0.717, 1.165) is 6.33 Å². The number of nitrogen functional groups attached to an aromatic ring is 1. The maximum atomic E-state index is 11.7. The van der Waals surface area contributed by atoms with E-state index in [-0.39, 0.29) is 22.4 Å². The van der Waals surface area contributed by atoms with Crippen LogP contribution in [0.5, 0.6) is 0 Å². The third kappa shape index (κ3) is 5.44. The first-order valence-corrected chi connectivity index (χ1v) is 12.1. The van der Waals surface area contributed by atoms with Crippen LogP contribution in [0.3, 0.4) is 0 Å². The van der Waals surface area contributed by atoms with Crippen LogP contribution in [-0.2, 0) is 27.5 Å². The summed E-state index contributed by atoms with van der Waals surface area (Å²) in [5.41, 5.74) is 5.94. The second-order valence-corrected chi connectivity index (χ2v) is 9.99. The van der Waals surface area contributed by atoms with Gasteiger partial charge in [0.05, 0.1) is 17.6 Å². The SMILES string of the molecule is C[C@@]1(O)C(O)C(COP(=O)(O)OP(=O)(O)O)OC1n1cc(C#CC(=O)NN)c2c(N)ncnc21. The lowest BCUT2D eigenvalue weighted by Gasteiger charge is -2.27. The van der Waals surface area contributed by atoms with Crippen LogP contribution in [-0.4, -0.2) is 69.8 Å². The molecule has 3 rings (SSSR count). The fraction of sp³-hybridized carbons (Fsp3) is 0.400. The molecule has 1 aliphatic heterocycles. The number of aliphatic hydroxyl groups excluding tert-OH is 1. The van der Waals surface area contributed by atoms with E-state index in [2.05, 4.69) is 30.6 Å². The molecule has 1 aliphatic rings. The molecule has 17 nitrogen and oxygen atoms in total. The van der Waals surface area contributed by atoms with Crippen LogP contribution in [0.2, 0.25) is 0 Å². The molecule has 1 amide bonds. The first kappa shape index (κ1) is 26.2. The minimum absolute atomic E-state index is 0.0184. The highest BCUT2D eigenvalue weighted by Gasteiger charge is 2.54. The van der Waals surface area contributed by atoms with Crippen molar-refractivity contribution < 1.29 is 52.4 Å². The molecule has 2 aromatic rings. The quantitative estimate of drug-likeness (QED) is 0.0645. The number of ether oxygens (including phenoxy) is 1. The van der Waals surface area contributed by atoms with Gasteiger partial charge in [-0.05, 0) is 6.92 Å². The van der Waals surface area contributed by atoms with E-state index in [4.69, 9.17) is 26.1 Å². The molecule has 0 bridgehead atoms. The summed E-state index contributed by atoms with van der Waals surface area (Å²) >= 11 is 0. The number of aromatic nitrogens is 3. The van der Waals surface area contributed by atoms with E-state index in [1.165, 1.54) is 17.7 Å². The number of aliphatic hydroxyl groups is 2. The molecular weight excluding hydrogens is 502 g/mol. The van der Waals surface area contributed by atoms with Crippen LogP contribution < -0.4 is 17.0 Å². The molecule has 2 aromatic heterocycles. The molecule has 1 saturated heterocycles. The number of rotatable bonds is 6. The van der Waals surface area contributed by atoms with Gasteiger partial charge in [-0.15, -0.1) is 0 Å². The number of carbonyl (C=O) groups excluding carboxylic acids is 1. The van der Waals surface area contributed by atoms with E-state index in [1.54, 1.807) is 0 Å². The summed E-state index contributed by atoms with van der Waals surface area (Å²) in [6.07, 6.45) is -2.15. The Kier molecular flexibility index (Phi) is 7.16. The molecule has 0 aliphatic carbocycles. The first-order chi connectivity index (χ1) is 15.7. The normalized spacial score (nSPS) is 26.6. The molecule has 0 aromatic carbocycles. The lowest BCUT2D eigenvalue weighted by Crippen LogP contribution is -2.44. The van der Waals surface area contributed by atoms with Crippen LogP contribution in [0.1, 0.15) is 18.7 Å². The molecule has 0 saturated carbocycles. The van der Waals surface area contributed by atoms with Gasteiger partial charge in [0.15, 0.2) is 6.23 Å². The number of hydrazine groups is 1. The molecule has 0 spiro atoms. The fourth-order valence-corrected chi connectivity index (χ4v) is 4.84. The number of nitrogens with two attached hydrogens (primary N) is 2. The van der Waals surface area contributed by atoms with Crippen molar-refractivity contribution in [2.24, 2.45) is 5.84 Å². The van der Waals surface area contributed by atoms with Crippen LogP contribution in [0, 0.1) is 11.8 Å². The van der Waals surface area contributed by atoms with Crippen LogP contribution in [0.15, 0.2) is 12.5 Å². The number of hydrogen-bond acceptors (Lipinski definition) is 12. The zero-order valence-electron chi connectivity index (χ0n) is 17.2. The number of hydrogen-bond donors (Lipinski definition) is 8. The second kappa shape index (κ2) is 9.30. The molecular formula is C15H20N6O11P2. The minimum Gasteiger partial charge on any atom is -0.387 e. The summed E-state index contributed by atoms with van der Waals surface area (Å²) in [5.74, 6) is 8.92. The Morgan fingerprint density at radius 2 is 2.06 bits per heavy atom. The highest BCUT2D eigenvalue weighted by atomic mass is 31.3. The van der Waals surface area contributed by atoms with Gasteiger partial charge in [-0.1, -0.05) is 5.92 Å². The highest BCUT2D eigenvalue weighted by molar-refractivity contribution is 7.60. The molecule has 5 atom stereocenters. The van der Waals surface area contributed by atoms with Gasteiger partial charge >= 0.3 is 21.6 Å². The summed E-state index contributed by atoms with van der Waals surface area (Å²) in [6, 6.07) is 0. The second-order valence-electron chi connectivity index (χ2n) is 7.17. The van der Waals surface area contributed by atoms with Gasteiger partial charge in [0.2, 0.25) is 0 Å². The van der Waals surface area contributed by atoms with Gasteiger partial charge in [0.25, 0.3) is 0 Å². The zero-order valence-corrected chi connectivity index (χ0v) is 19.0. The van der Waals surface area contributed by atoms with Gasteiger partial charge in [0.1, 0.15) is 35.6 Å². The molecule has 4 unspecified atom stereocenters. The maximum absolute atomic E-state index is 11.7. The Hall–Kier alpha value is -2.45. The lowest BCUT2D eigenvalue weighted by atomic mass is 9.96.